The van der Waals surface area contributed by atoms with Crippen molar-refractivity contribution < 1.29 is 9.18 Å². The Bertz CT molecular complexity index is 1650. The molecule has 0 bridgehead atoms. The molecule has 0 saturated heterocycles. The molecule has 1 unspecified atom stereocenters. The summed E-state index contributed by atoms with van der Waals surface area (Å²) in [4.78, 5) is 34.1. The van der Waals surface area contributed by atoms with Gasteiger partial charge in [-0.15, -0.1) is 0 Å². The minimum atomic E-state index is -0.662. The molecule has 1 amide bonds. The van der Waals surface area contributed by atoms with Crippen LogP contribution in [-0.2, 0) is 13.0 Å². The molecule has 1 heterocycles. The third-order valence-electron chi connectivity index (χ3n) is 6.81. The van der Waals surface area contributed by atoms with Crippen molar-refractivity contribution in [3.05, 3.63) is 142 Å². The van der Waals surface area contributed by atoms with Crippen LogP contribution in [0.25, 0.3) is 16.6 Å². The number of rotatable bonds is 7. The Morgan fingerprint density at radius 3 is 2.24 bits per heavy atom. The molecule has 0 aliphatic heterocycles. The van der Waals surface area contributed by atoms with Gasteiger partial charge >= 0.3 is 0 Å². The number of hydrogen-bond donors (Lipinski definition) is 0. The number of carbonyl (C=O) groups excluding carboxylic acids is 1. The van der Waals surface area contributed by atoms with Crippen molar-refractivity contribution in [1.82, 2.24) is 14.5 Å². The first-order valence-corrected chi connectivity index (χ1v) is 12.7. The Kier molecular flexibility index (Phi) is 7.13. The molecule has 0 radical (unpaired) electrons. The summed E-state index contributed by atoms with van der Waals surface area (Å²) in [6.45, 7) is 4.11. The van der Waals surface area contributed by atoms with E-state index in [9.17, 15) is 14.0 Å². The first-order valence-electron chi connectivity index (χ1n) is 12.7. The number of fused-ring (bicyclic) bond motifs is 1. The zero-order valence-corrected chi connectivity index (χ0v) is 21.3. The number of aromatic nitrogens is 2. The largest absolute Gasteiger partial charge is 0.324 e. The summed E-state index contributed by atoms with van der Waals surface area (Å²) in [7, 11) is 0. The van der Waals surface area contributed by atoms with Gasteiger partial charge in [0.1, 0.15) is 11.6 Å². The maximum atomic E-state index is 14.8. The number of aryl methyl sites for hydroxylation is 1. The van der Waals surface area contributed by atoms with Crippen LogP contribution in [0.4, 0.5) is 4.39 Å². The van der Waals surface area contributed by atoms with Crippen molar-refractivity contribution in [3.63, 3.8) is 0 Å². The average molecular weight is 506 g/mol. The lowest BCUT2D eigenvalue weighted by molar-refractivity contribution is 0.0659. The minimum Gasteiger partial charge on any atom is -0.324 e. The minimum absolute atomic E-state index is 0.0303. The van der Waals surface area contributed by atoms with E-state index in [2.05, 4.69) is 6.92 Å². The lowest BCUT2D eigenvalue weighted by Gasteiger charge is -2.31. The van der Waals surface area contributed by atoms with Crippen molar-refractivity contribution in [2.45, 2.75) is 32.9 Å². The van der Waals surface area contributed by atoms with Crippen LogP contribution >= 0.6 is 0 Å². The van der Waals surface area contributed by atoms with Gasteiger partial charge in [-0.25, -0.2) is 9.37 Å². The summed E-state index contributed by atoms with van der Waals surface area (Å²) in [5, 5.41) is 0.484. The van der Waals surface area contributed by atoms with Gasteiger partial charge in [0.15, 0.2) is 0 Å². The van der Waals surface area contributed by atoms with Gasteiger partial charge in [-0.3, -0.25) is 14.2 Å². The van der Waals surface area contributed by atoms with Crippen LogP contribution in [0.3, 0.4) is 0 Å². The van der Waals surface area contributed by atoms with Crippen LogP contribution in [0.15, 0.2) is 108 Å². The Hall–Kier alpha value is -4.58. The molecule has 0 aliphatic carbocycles. The maximum absolute atomic E-state index is 14.8. The summed E-state index contributed by atoms with van der Waals surface area (Å²) >= 11 is 0. The number of hydrogen-bond acceptors (Lipinski definition) is 3. The van der Waals surface area contributed by atoms with Crippen LogP contribution in [0.1, 0.15) is 47.2 Å². The topological polar surface area (TPSA) is 55.2 Å². The SMILES string of the molecule is CCc1ccc(-n2c(C(C)N(Cc3ccccc3)C(=O)c3ccccc3F)nc3ccccc3c2=O)cc1. The fourth-order valence-electron chi connectivity index (χ4n) is 4.65. The molecule has 0 saturated carbocycles. The van der Waals surface area contributed by atoms with E-state index >= 15 is 0 Å². The Labute approximate surface area is 220 Å². The Morgan fingerprint density at radius 1 is 0.868 bits per heavy atom. The van der Waals surface area contributed by atoms with E-state index in [0.717, 1.165) is 17.5 Å². The highest BCUT2D eigenvalue weighted by atomic mass is 19.1. The molecule has 5 aromatic rings. The normalized spacial score (nSPS) is 11.9. The van der Waals surface area contributed by atoms with Crippen molar-refractivity contribution in [3.8, 4) is 5.69 Å². The molecule has 6 heteroatoms. The van der Waals surface area contributed by atoms with E-state index in [-0.39, 0.29) is 17.7 Å². The highest BCUT2D eigenvalue weighted by Crippen LogP contribution is 2.27. The standard InChI is InChI=1S/C32H28FN3O2/c1-3-23-17-19-25(20-18-23)36-30(34-29-16-10-8-14-27(29)32(36)38)22(2)35(21-24-11-5-4-6-12-24)31(37)26-13-7-9-15-28(26)33/h4-20,22H,3,21H2,1-2H3. The van der Waals surface area contributed by atoms with Crippen LogP contribution < -0.4 is 5.56 Å². The molecule has 1 atom stereocenters. The number of amides is 1. The molecule has 1 aromatic heterocycles. The van der Waals surface area contributed by atoms with E-state index in [0.29, 0.717) is 22.4 Å². The first kappa shape index (κ1) is 25.1. The lowest BCUT2D eigenvalue weighted by Crippen LogP contribution is -2.37. The Morgan fingerprint density at radius 2 is 1.53 bits per heavy atom. The third kappa shape index (κ3) is 4.85. The zero-order chi connectivity index (χ0) is 26.6. The van der Waals surface area contributed by atoms with Crippen molar-refractivity contribution in [2.24, 2.45) is 0 Å². The summed E-state index contributed by atoms with van der Waals surface area (Å²) in [5.74, 6) is -0.671. The van der Waals surface area contributed by atoms with Gasteiger partial charge in [-0.1, -0.05) is 73.7 Å². The highest BCUT2D eigenvalue weighted by Gasteiger charge is 2.29. The second-order valence-electron chi connectivity index (χ2n) is 9.22. The smallest absolute Gasteiger partial charge is 0.266 e. The van der Waals surface area contributed by atoms with E-state index in [1.165, 1.54) is 12.1 Å². The molecule has 0 aliphatic rings. The predicted molar refractivity (Wildman–Crippen MR) is 148 cm³/mol. The van der Waals surface area contributed by atoms with Gasteiger partial charge in [0.2, 0.25) is 0 Å². The van der Waals surface area contributed by atoms with Crippen LogP contribution in [0, 0.1) is 5.82 Å². The van der Waals surface area contributed by atoms with Crippen LogP contribution in [0.2, 0.25) is 0 Å². The number of carbonyl (C=O) groups is 1. The average Bonchev–Trinajstić information content (AvgIpc) is 2.96. The molecule has 5 nitrogen and oxygen atoms in total. The van der Waals surface area contributed by atoms with E-state index in [4.69, 9.17) is 4.98 Å². The molecular weight excluding hydrogens is 477 g/mol. The number of nitrogens with zero attached hydrogens (tertiary/aromatic N) is 3. The van der Waals surface area contributed by atoms with Crippen LogP contribution in [-0.4, -0.2) is 20.4 Å². The molecule has 4 aromatic carbocycles. The number of halogens is 1. The molecule has 5 rings (SSSR count). The summed E-state index contributed by atoms with van der Waals surface area (Å²) in [6.07, 6.45) is 0.871. The van der Waals surface area contributed by atoms with E-state index in [1.54, 1.807) is 33.7 Å². The van der Waals surface area contributed by atoms with Gasteiger partial charge in [0.25, 0.3) is 11.5 Å². The first-order chi connectivity index (χ1) is 18.5. The highest BCUT2D eigenvalue weighted by molar-refractivity contribution is 5.94. The van der Waals surface area contributed by atoms with E-state index < -0.39 is 17.8 Å². The van der Waals surface area contributed by atoms with E-state index in [1.807, 2.05) is 73.7 Å². The van der Waals surface area contributed by atoms with Gasteiger partial charge < -0.3 is 4.90 Å². The quantitative estimate of drug-likeness (QED) is 0.254. The van der Waals surface area contributed by atoms with Gasteiger partial charge in [-0.05, 0) is 60.9 Å². The van der Waals surface area contributed by atoms with Gasteiger partial charge in [0.05, 0.1) is 28.2 Å². The van der Waals surface area contributed by atoms with Gasteiger partial charge in [-0.2, -0.15) is 0 Å². The van der Waals surface area contributed by atoms with Crippen molar-refractivity contribution >= 4 is 16.8 Å². The maximum Gasteiger partial charge on any atom is 0.266 e. The zero-order valence-electron chi connectivity index (χ0n) is 21.3. The van der Waals surface area contributed by atoms with Crippen LogP contribution in [0.5, 0.6) is 0 Å². The lowest BCUT2D eigenvalue weighted by atomic mass is 10.1. The molecule has 190 valence electrons. The fourth-order valence-corrected chi connectivity index (χ4v) is 4.65. The number of benzene rings is 4. The molecule has 38 heavy (non-hydrogen) atoms. The monoisotopic (exact) mass is 505 g/mol. The van der Waals surface area contributed by atoms with Crippen molar-refractivity contribution in [2.75, 3.05) is 0 Å². The predicted octanol–water partition coefficient (Wildman–Crippen LogP) is 6.49. The molecule has 0 spiro atoms. The summed E-state index contributed by atoms with van der Waals surface area (Å²) in [6, 6.07) is 29.7. The summed E-state index contributed by atoms with van der Waals surface area (Å²) in [5.41, 5.74) is 2.97. The summed E-state index contributed by atoms with van der Waals surface area (Å²) < 4.78 is 16.3. The van der Waals surface area contributed by atoms with Gasteiger partial charge in [0, 0.05) is 6.54 Å². The van der Waals surface area contributed by atoms with Crippen molar-refractivity contribution in [1.29, 1.82) is 0 Å². The number of para-hydroxylation sites is 1. The second-order valence-corrected chi connectivity index (χ2v) is 9.22. The molecule has 0 fully saturated rings. The Balaban J connectivity index is 1.70. The fraction of sp³-hybridized carbons (Fsp3) is 0.156. The second kappa shape index (κ2) is 10.8. The molecule has 0 N–H and O–H groups in total. The molecular formula is C32H28FN3O2. The third-order valence-corrected chi connectivity index (χ3v) is 6.81.